The monoisotopic (exact) mass is 313 g/mol. The van der Waals surface area contributed by atoms with Gasteiger partial charge in [0.1, 0.15) is 5.78 Å². The Kier molecular flexibility index (Phi) is 4.57. The zero-order valence-corrected chi connectivity index (χ0v) is 13.5. The zero-order valence-electron chi connectivity index (χ0n) is 13.5. The Hall–Kier alpha value is -2.01. The standard InChI is InChI=1S/C18H23N3O2/c1-12(22)11-21-15-10-6-5-9-14(15)16(20-17(19)18(21)23)13-7-3-2-4-8-13/h5-6,9-10,13,17H,2-4,7-8,11,19H2,1H3. The molecule has 0 spiro atoms. The number of anilines is 1. The van der Waals surface area contributed by atoms with Gasteiger partial charge in [0.15, 0.2) is 6.17 Å². The van der Waals surface area contributed by atoms with Crippen molar-refractivity contribution in [3.8, 4) is 0 Å². The summed E-state index contributed by atoms with van der Waals surface area (Å²) >= 11 is 0. The molecule has 2 aliphatic rings. The Morgan fingerprint density at radius 2 is 1.96 bits per heavy atom. The fourth-order valence-corrected chi connectivity index (χ4v) is 3.57. The van der Waals surface area contributed by atoms with Crippen LogP contribution in [0.2, 0.25) is 0 Å². The number of benzodiazepines with no additional fused rings is 1. The number of rotatable bonds is 3. The van der Waals surface area contributed by atoms with Crippen molar-refractivity contribution in [2.24, 2.45) is 16.6 Å². The summed E-state index contributed by atoms with van der Waals surface area (Å²) in [5, 5.41) is 0. The van der Waals surface area contributed by atoms with Crippen molar-refractivity contribution in [1.82, 2.24) is 0 Å². The average molecular weight is 313 g/mol. The van der Waals surface area contributed by atoms with Gasteiger partial charge in [-0.25, -0.2) is 0 Å². The highest BCUT2D eigenvalue weighted by Gasteiger charge is 2.32. The summed E-state index contributed by atoms with van der Waals surface area (Å²) in [6, 6.07) is 7.70. The third kappa shape index (κ3) is 3.20. The number of hydrogen-bond acceptors (Lipinski definition) is 4. The van der Waals surface area contributed by atoms with E-state index in [-0.39, 0.29) is 18.2 Å². The molecular weight excluding hydrogens is 290 g/mol. The minimum absolute atomic E-state index is 0.0387. The third-order valence-electron chi connectivity index (χ3n) is 4.64. The fourth-order valence-electron chi connectivity index (χ4n) is 3.57. The van der Waals surface area contributed by atoms with Crippen molar-refractivity contribution < 1.29 is 9.59 Å². The largest absolute Gasteiger partial charge is 0.302 e. The van der Waals surface area contributed by atoms with Gasteiger partial charge in [-0.1, -0.05) is 37.5 Å². The van der Waals surface area contributed by atoms with Gasteiger partial charge >= 0.3 is 0 Å². The van der Waals surface area contributed by atoms with Gasteiger partial charge in [0, 0.05) is 17.2 Å². The van der Waals surface area contributed by atoms with Crippen LogP contribution in [-0.2, 0) is 9.59 Å². The molecular formula is C18H23N3O2. The molecule has 1 fully saturated rings. The van der Waals surface area contributed by atoms with Crippen LogP contribution in [0.5, 0.6) is 0 Å². The maximum absolute atomic E-state index is 12.6. The van der Waals surface area contributed by atoms with E-state index in [1.165, 1.54) is 31.1 Å². The molecule has 5 nitrogen and oxygen atoms in total. The van der Waals surface area contributed by atoms with Crippen LogP contribution in [0.25, 0.3) is 0 Å². The van der Waals surface area contributed by atoms with Crippen molar-refractivity contribution in [1.29, 1.82) is 0 Å². The van der Waals surface area contributed by atoms with Crippen LogP contribution in [0.4, 0.5) is 5.69 Å². The molecule has 2 N–H and O–H groups in total. The number of hydrogen-bond donors (Lipinski definition) is 1. The molecule has 1 unspecified atom stereocenters. The first-order valence-electron chi connectivity index (χ1n) is 8.31. The summed E-state index contributed by atoms with van der Waals surface area (Å²) in [7, 11) is 0. The summed E-state index contributed by atoms with van der Waals surface area (Å²) in [6.45, 7) is 1.52. The minimum atomic E-state index is -0.932. The number of Topliss-reactive ketones (excluding diaryl/α,β-unsaturated/α-hetero) is 1. The molecule has 5 heteroatoms. The smallest absolute Gasteiger partial charge is 0.266 e. The van der Waals surface area contributed by atoms with Gasteiger partial charge in [0.25, 0.3) is 5.91 Å². The lowest BCUT2D eigenvalue weighted by Gasteiger charge is -2.25. The van der Waals surface area contributed by atoms with Crippen molar-refractivity contribution in [3.05, 3.63) is 29.8 Å². The minimum Gasteiger partial charge on any atom is -0.302 e. The number of carbonyl (C=O) groups excluding carboxylic acids is 2. The second-order valence-electron chi connectivity index (χ2n) is 6.44. The van der Waals surface area contributed by atoms with E-state index in [9.17, 15) is 9.59 Å². The van der Waals surface area contributed by atoms with Crippen molar-refractivity contribution in [2.75, 3.05) is 11.4 Å². The van der Waals surface area contributed by atoms with E-state index >= 15 is 0 Å². The molecule has 122 valence electrons. The molecule has 0 aromatic heterocycles. The number of carbonyl (C=O) groups is 2. The Bertz CT molecular complexity index is 647. The van der Waals surface area contributed by atoms with Gasteiger partial charge in [0.05, 0.1) is 12.2 Å². The Balaban J connectivity index is 2.07. The van der Waals surface area contributed by atoms with E-state index in [1.54, 1.807) is 0 Å². The number of ketones is 1. The SMILES string of the molecule is CC(=O)CN1C(=O)C(N)N=C(C2CCCCC2)c2ccccc21. The molecule has 1 amide bonds. The first-order valence-corrected chi connectivity index (χ1v) is 8.31. The van der Waals surface area contributed by atoms with Gasteiger partial charge < -0.3 is 10.6 Å². The molecule has 1 aromatic carbocycles. The Morgan fingerprint density at radius 1 is 1.26 bits per heavy atom. The van der Waals surface area contributed by atoms with E-state index in [0.29, 0.717) is 5.92 Å². The van der Waals surface area contributed by atoms with Crippen molar-refractivity contribution >= 4 is 23.1 Å². The number of nitrogens with two attached hydrogens (primary N) is 1. The lowest BCUT2D eigenvalue weighted by molar-refractivity contribution is -0.122. The van der Waals surface area contributed by atoms with Gasteiger partial charge in [-0.05, 0) is 25.8 Å². The van der Waals surface area contributed by atoms with Crippen LogP contribution in [0.1, 0.15) is 44.6 Å². The predicted molar refractivity (Wildman–Crippen MR) is 90.6 cm³/mol. The summed E-state index contributed by atoms with van der Waals surface area (Å²) in [6.07, 6.45) is 4.87. The van der Waals surface area contributed by atoms with Crippen molar-refractivity contribution in [3.63, 3.8) is 0 Å². The van der Waals surface area contributed by atoms with Crippen LogP contribution in [0.3, 0.4) is 0 Å². The molecule has 23 heavy (non-hydrogen) atoms. The molecule has 1 aromatic rings. The van der Waals surface area contributed by atoms with Crippen LogP contribution in [-0.4, -0.2) is 30.1 Å². The summed E-state index contributed by atoms with van der Waals surface area (Å²) in [4.78, 5) is 30.3. The summed E-state index contributed by atoms with van der Waals surface area (Å²) in [5.41, 5.74) is 8.67. The molecule has 0 saturated heterocycles. The number of aliphatic imine (C=N–C) groups is 1. The Morgan fingerprint density at radius 3 is 2.65 bits per heavy atom. The van der Waals surface area contributed by atoms with E-state index in [1.807, 2.05) is 24.3 Å². The molecule has 0 bridgehead atoms. The van der Waals surface area contributed by atoms with E-state index in [2.05, 4.69) is 4.99 Å². The van der Waals surface area contributed by atoms with Gasteiger partial charge in [0.2, 0.25) is 0 Å². The van der Waals surface area contributed by atoms with Gasteiger partial charge in [-0.3, -0.25) is 14.6 Å². The van der Waals surface area contributed by atoms with Crippen LogP contribution < -0.4 is 10.6 Å². The number of para-hydroxylation sites is 1. The second-order valence-corrected chi connectivity index (χ2v) is 6.44. The number of benzene rings is 1. The Labute approximate surface area is 136 Å². The van der Waals surface area contributed by atoms with E-state index in [4.69, 9.17) is 5.73 Å². The maximum Gasteiger partial charge on any atom is 0.266 e. The molecule has 1 aliphatic carbocycles. The number of amides is 1. The first kappa shape index (κ1) is 15.9. The first-order chi connectivity index (χ1) is 11.1. The summed E-state index contributed by atoms with van der Waals surface area (Å²) < 4.78 is 0. The summed E-state index contributed by atoms with van der Waals surface area (Å²) in [5.74, 6) is -0.0269. The topological polar surface area (TPSA) is 75.8 Å². The molecule has 1 heterocycles. The molecule has 0 radical (unpaired) electrons. The van der Waals surface area contributed by atoms with Crippen LogP contribution in [0.15, 0.2) is 29.3 Å². The lowest BCUT2D eigenvalue weighted by atomic mass is 9.83. The number of nitrogens with zero attached hydrogens (tertiary/aromatic N) is 2. The highest BCUT2D eigenvalue weighted by Crippen LogP contribution is 2.33. The molecule has 1 aliphatic heterocycles. The van der Waals surface area contributed by atoms with E-state index in [0.717, 1.165) is 29.8 Å². The average Bonchev–Trinajstić information content (AvgIpc) is 2.66. The number of fused-ring (bicyclic) bond motifs is 1. The van der Waals surface area contributed by atoms with Gasteiger partial charge in [-0.15, -0.1) is 0 Å². The molecule has 1 saturated carbocycles. The second kappa shape index (κ2) is 6.62. The highest BCUT2D eigenvalue weighted by atomic mass is 16.2. The maximum atomic E-state index is 12.6. The lowest BCUT2D eigenvalue weighted by Crippen LogP contribution is -2.44. The predicted octanol–water partition coefficient (Wildman–Crippen LogP) is 2.28. The third-order valence-corrected chi connectivity index (χ3v) is 4.64. The molecule has 3 rings (SSSR count). The highest BCUT2D eigenvalue weighted by molar-refractivity contribution is 6.14. The van der Waals surface area contributed by atoms with Gasteiger partial charge in [-0.2, -0.15) is 0 Å². The zero-order chi connectivity index (χ0) is 16.4. The quantitative estimate of drug-likeness (QED) is 0.930. The fraction of sp³-hybridized carbons (Fsp3) is 0.500. The van der Waals surface area contributed by atoms with Crippen LogP contribution in [0, 0.1) is 5.92 Å². The van der Waals surface area contributed by atoms with Crippen molar-refractivity contribution in [2.45, 2.75) is 45.2 Å². The normalized spacial score (nSPS) is 22.3. The van der Waals surface area contributed by atoms with E-state index < -0.39 is 6.17 Å². The molecule has 1 atom stereocenters. The van der Waals surface area contributed by atoms with Crippen LogP contribution >= 0.6 is 0 Å².